The lowest BCUT2D eigenvalue weighted by atomic mass is 9.95. The number of hydrogen-bond acceptors (Lipinski definition) is 4. The zero-order chi connectivity index (χ0) is 12.4. The lowest BCUT2D eigenvalue weighted by Gasteiger charge is -2.26. The van der Waals surface area contributed by atoms with Gasteiger partial charge in [0.2, 0.25) is 0 Å². The highest BCUT2D eigenvalue weighted by molar-refractivity contribution is 7.71. The first-order valence-electron chi connectivity index (χ1n) is 6.92. The molecule has 98 valence electrons. The van der Waals surface area contributed by atoms with E-state index >= 15 is 0 Å². The minimum Gasteiger partial charge on any atom is -0.367 e. The van der Waals surface area contributed by atoms with E-state index in [0.717, 1.165) is 25.3 Å². The lowest BCUT2D eigenvalue weighted by Crippen LogP contribution is -2.29. The Labute approximate surface area is 113 Å². The Morgan fingerprint density at radius 2 is 2.06 bits per heavy atom. The van der Waals surface area contributed by atoms with E-state index in [1.807, 2.05) is 0 Å². The SMILES string of the molecule is S=c1nc(NC2CCCCC2)c2c([nH]1)CCNC2. The largest absolute Gasteiger partial charge is 0.367 e. The Bertz CT molecular complexity index is 476. The predicted molar refractivity (Wildman–Crippen MR) is 75.3 cm³/mol. The number of nitrogens with one attached hydrogen (secondary N) is 3. The van der Waals surface area contributed by atoms with Gasteiger partial charge in [0.05, 0.1) is 0 Å². The van der Waals surface area contributed by atoms with Crippen molar-refractivity contribution in [2.24, 2.45) is 0 Å². The van der Waals surface area contributed by atoms with Crippen LogP contribution in [0.2, 0.25) is 0 Å². The summed E-state index contributed by atoms with van der Waals surface area (Å²) < 4.78 is 0.606. The number of nitrogens with zero attached hydrogens (tertiary/aromatic N) is 1. The van der Waals surface area contributed by atoms with Crippen LogP contribution in [-0.2, 0) is 13.0 Å². The summed E-state index contributed by atoms with van der Waals surface area (Å²) in [6.45, 7) is 1.91. The first kappa shape index (κ1) is 12.1. The molecule has 1 fully saturated rings. The quantitative estimate of drug-likeness (QED) is 0.719. The van der Waals surface area contributed by atoms with Crippen LogP contribution >= 0.6 is 12.2 Å². The molecule has 5 heteroatoms. The molecule has 0 unspecified atom stereocenters. The van der Waals surface area contributed by atoms with Gasteiger partial charge in [0.1, 0.15) is 5.82 Å². The summed E-state index contributed by atoms with van der Waals surface area (Å²) in [5, 5.41) is 7.02. The fraction of sp³-hybridized carbons (Fsp3) is 0.692. The highest BCUT2D eigenvalue weighted by Crippen LogP contribution is 2.24. The van der Waals surface area contributed by atoms with Crippen molar-refractivity contribution in [3.05, 3.63) is 16.0 Å². The molecular formula is C13H20N4S. The van der Waals surface area contributed by atoms with Crippen LogP contribution in [0.3, 0.4) is 0 Å². The molecule has 1 aliphatic heterocycles. The van der Waals surface area contributed by atoms with E-state index < -0.39 is 0 Å². The van der Waals surface area contributed by atoms with Crippen molar-refractivity contribution in [2.45, 2.75) is 51.1 Å². The minimum absolute atomic E-state index is 0.578. The van der Waals surface area contributed by atoms with Crippen LogP contribution < -0.4 is 10.6 Å². The van der Waals surface area contributed by atoms with E-state index in [4.69, 9.17) is 12.2 Å². The van der Waals surface area contributed by atoms with E-state index in [2.05, 4.69) is 20.6 Å². The monoisotopic (exact) mass is 264 g/mol. The van der Waals surface area contributed by atoms with Crippen LogP contribution in [0.4, 0.5) is 5.82 Å². The number of anilines is 1. The van der Waals surface area contributed by atoms with Crippen molar-refractivity contribution in [1.82, 2.24) is 15.3 Å². The Balaban J connectivity index is 1.85. The second-order valence-corrected chi connectivity index (χ2v) is 5.64. The molecule has 3 rings (SSSR count). The summed E-state index contributed by atoms with van der Waals surface area (Å²) in [5.41, 5.74) is 2.53. The summed E-state index contributed by atoms with van der Waals surface area (Å²) in [6, 6.07) is 0.578. The Kier molecular flexibility index (Phi) is 3.61. The highest BCUT2D eigenvalue weighted by Gasteiger charge is 2.19. The maximum atomic E-state index is 5.23. The van der Waals surface area contributed by atoms with Gasteiger partial charge >= 0.3 is 0 Å². The molecule has 2 heterocycles. The summed E-state index contributed by atoms with van der Waals surface area (Å²) in [7, 11) is 0. The lowest BCUT2D eigenvalue weighted by molar-refractivity contribution is 0.461. The average Bonchev–Trinajstić information content (AvgIpc) is 2.40. The van der Waals surface area contributed by atoms with Crippen molar-refractivity contribution >= 4 is 18.0 Å². The molecular weight excluding hydrogens is 244 g/mol. The number of aromatic amines is 1. The normalized spacial score (nSPS) is 20.4. The molecule has 0 amide bonds. The Hall–Kier alpha value is -0.940. The first-order valence-corrected chi connectivity index (χ1v) is 7.33. The van der Waals surface area contributed by atoms with Crippen molar-refractivity contribution in [1.29, 1.82) is 0 Å². The van der Waals surface area contributed by atoms with E-state index in [1.54, 1.807) is 0 Å². The average molecular weight is 264 g/mol. The number of aromatic nitrogens is 2. The molecule has 0 spiro atoms. The molecule has 1 saturated carbocycles. The van der Waals surface area contributed by atoms with E-state index in [0.29, 0.717) is 10.8 Å². The van der Waals surface area contributed by atoms with Gasteiger partial charge in [-0.2, -0.15) is 0 Å². The van der Waals surface area contributed by atoms with Crippen LogP contribution in [0, 0.1) is 4.77 Å². The summed E-state index contributed by atoms with van der Waals surface area (Å²) in [5.74, 6) is 1.01. The molecule has 18 heavy (non-hydrogen) atoms. The van der Waals surface area contributed by atoms with Crippen molar-refractivity contribution < 1.29 is 0 Å². The number of rotatable bonds is 2. The maximum Gasteiger partial charge on any atom is 0.198 e. The van der Waals surface area contributed by atoms with Crippen LogP contribution in [0.5, 0.6) is 0 Å². The molecule has 0 atom stereocenters. The third-order valence-electron chi connectivity index (χ3n) is 3.92. The number of H-pyrrole nitrogens is 1. The molecule has 0 aromatic carbocycles. The fourth-order valence-corrected chi connectivity index (χ4v) is 3.15. The summed E-state index contributed by atoms with van der Waals surface area (Å²) >= 11 is 5.23. The van der Waals surface area contributed by atoms with Gasteiger partial charge < -0.3 is 15.6 Å². The zero-order valence-electron chi connectivity index (χ0n) is 10.6. The minimum atomic E-state index is 0.578. The topological polar surface area (TPSA) is 52.7 Å². The van der Waals surface area contributed by atoms with Crippen molar-refractivity contribution in [3.63, 3.8) is 0 Å². The van der Waals surface area contributed by atoms with E-state index in [-0.39, 0.29) is 0 Å². The van der Waals surface area contributed by atoms with Crippen LogP contribution in [0.15, 0.2) is 0 Å². The second-order valence-electron chi connectivity index (χ2n) is 5.25. The Morgan fingerprint density at radius 3 is 2.89 bits per heavy atom. The van der Waals surface area contributed by atoms with Gasteiger partial charge in [0.25, 0.3) is 0 Å². The molecule has 1 aromatic rings. The third-order valence-corrected chi connectivity index (χ3v) is 4.11. The van der Waals surface area contributed by atoms with Crippen LogP contribution in [0.1, 0.15) is 43.4 Å². The van der Waals surface area contributed by atoms with E-state index in [1.165, 1.54) is 43.4 Å². The van der Waals surface area contributed by atoms with Crippen LogP contribution in [0.25, 0.3) is 0 Å². The van der Waals surface area contributed by atoms with Gasteiger partial charge in [-0.1, -0.05) is 19.3 Å². The molecule has 1 aliphatic carbocycles. The smallest absolute Gasteiger partial charge is 0.198 e. The molecule has 0 bridgehead atoms. The fourth-order valence-electron chi connectivity index (χ4n) is 2.93. The predicted octanol–water partition coefficient (Wildman–Crippen LogP) is 2.53. The Morgan fingerprint density at radius 1 is 1.22 bits per heavy atom. The van der Waals surface area contributed by atoms with Crippen LogP contribution in [-0.4, -0.2) is 22.6 Å². The third kappa shape index (κ3) is 2.57. The van der Waals surface area contributed by atoms with Gasteiger partial charge in [-0.25, -0.2) is 4.98 Å². The highest BCUT2D eigenvalue weighted by atomic mass is 32.1. The van der Waals surface area contributed by atoms with Crippen molar-refractivity contribution in [3.8, 4) is 0 Å². The number of fused-ring (bicyclic) bond motifs is 1. The van der Waals surface area contributed by atoms with Gasteiger partial charge in [-0.15, -0.1) is 0 Å². The molecule has 3 N–H and O–H groups in total. The first-order chi connectivity index (χ1) is 8.83. The molecule has 1 aromatic heterocycles. The van der Waals surface area contributed by atoms with Gasteiger partial charge in [-0.3, -0.25) is 0 Å². The van der Waals surface area contributed by atoms with Gasteiger partial charge in [0.15, 0.2) is 4.77 Å². The second kappa shape index (κ2) is 5.36. The van der Waals surface area contributed by atoms with Crippen molar-refractivity contribution in [2.75, 3.05) is 11.9 Å². The van der Waals surface area contributed by atoms with E-state index in [9.17, 15) is 0 Å². The summed E-state index contributed by atoms with van der Waals surface area (Å²) in [6.07, 6.45) is 7.57. The van der Waals surface area contributed by atoms with Gasteiger partial charge in [-0.05, 0) is 25.1 Å². The molecule has 2 aliphatic rings. The summed E-state index contributed by atoms with van der Waals surface area (Å²) in [4.78, 5) is 7.72. The molecule has 0 saturated heterocycles. The molecule has 0 radical (unpaired) electrons. The number of hydrogen-bond donors (Lipinski definition) is 3. The van der Waals surface area contributed by atoms with Gasteiger partial charge in [0, 0.05) is 36.8 Å². The standard InChI is InChI=1S/C13H20N4S/c18-13-16-11-6-7-14-8-10(11)12(17-13)15-9-4-2-1-3-5-9/h9,14H,1-8H2,(H2,15,16,17,18). The molecule has 4 nitrogen and oxygen atoms in total. The zero-order valence-corrected chi connectivity index (χ0v) is 11.4. The maximum absolute atomic E-state index is 5.23.